The summed E-state index contributed by atoms with van der Waals surface area (Å²) in [6, 6.07) is 20.1. The number of aryl methyl sites for hydroxylation is 1. The summed E-state index contributed by atoms with van der Waals surface area (Å²) in [5, 5.41) is 5.79. The molecule has 1 N–H and O–H groups in total. The van der Waals surface area contributed by atoms with Gasteiger partial charge in [-0.1, -0.05) is 30.3 Å². The van der Waals surface area contributed by atoms with Gasteiger partial charge in [0.15, 0.2) is 0 Å². The molecule has 3 heterocycles. The molecule has 1 aliphatic heterocycles. The quantitative estimate of drug-likeness (QED) is 0.439. The molecule has 1 unspecified atom stereocenters. The van der Waals surface area contributed by atoms with E-state index in [9.17, 15) is 4.79 Å². The molecule has 0 saturated carbocycles. The number of benzene rings is 2. The van der Waals surface area contributed by atoms with Gasteiger partial charge in [0, 0.05) is 54.2 Å². The standard InChI is InChI=1S/C29H30N4O2/c1-21-8-9-24(16-28(21)32-18-26-7-2-3-11-31-26)29(34)33-13-14-35-20-22(19-33)15-23-5-4-6-25-17-30-12-10-27(23)25/h2-12,16-17,22,32H,13-15,18-20H2,1H3. The minimum atomic E-state index is 0.0449. The number of anilines is 1. The van der Waals surface area contributed by atoms with Crippen LogP contribution in [0.4, 0.5) is 5.69 Å². The molecule has 4 aromatic rings. The number of ether oxygens (including phenoxy) is 1. The Morgan fingerprint density at radius 1 is 1.11 bits per heavy atom. The molecule has 2 aromatic carbocycles. The smallest absolute Gasteiger partial charge is 0.254 e. The zero-order valence-corrected chi connectivity index (χ0v) is 20.0. The molecule has 1 amide bonds. The van der Waals surface area contributed by atoms with Crippen LogP contribution in [0, 0.1) is 12.8 Å². The summed E-state index contributed by atoms with van der Waals surface area (Å²) in [6.45, 7) is 5.13. The van der Waals surface area contributed by atoms with Gasteiger partial charge in [0.25, 0.3) is 5.91 Å². The highest BCUT2D eigenvalue weighted by Crippen LogP contribution is 2.24. The van der Waals surface area contributed by atoms with Crippen molar-refractivity contribution in [2.75, 3.05) is 31.6 Å². The van der Waals surface area contributed by atoms with Gasteiger partial charge in [0.05, 0.1) is 25.5 Å². The lowest BCUT2D eigenvalue weighted by molar-refractivity contribution is 0.0737. The van der Waals surface area contributed by atoms with E-state index in [1.807, 2.05) is 60.6 Å². The molecule has 2 aromatic heterocycles. The molecule has 1 fully saturated rings. The second-order valence-electron chi connectivity index (χ2n) is 9.11. The molecular weight excluding hydrogens is 436 g/mol. The van der Waals surface area contributed by atoms with Gasteiger partial charge in [0.2, 0.25) is 0 Å². The van der Waals surface area contributed by atoms with Crippen LogP contribution >= 0.6 is 0 Å². The summed E-state index contributed by atoms with van der Waals surface area (Å²) >= 11 is 0. The Morgan fingerprint density at radius 2 is 2.06 bits per heavy atom. The minimum absolute atomic E-state index is 0.0449. The molecule has 1 saturated heterocycles. The minimum Gasteiger partial charge on any atom is -0.379 e. The monoisotopic (exact) mass is 466 g/mol. The topological polar surface area (TPSA) is 67.4 Å². The second-order valence-corrected chi connectivity index (χ2v) is 9.11. The van der Waals surface area contributed by atoms with Crippen LogP contribution in [0.1, 0.15) is 27.2 Å². The van der Waals surface area contributed by atoms with E-state index in [0.717, 1.165) is 28.8 Å². The van der Waals surface area contributed by atoms with Crippen molar-refractivity contribution in [3.63, 3.8) is 0 Å². The van der Waals surface area contributed by atoms with E-state index in [4.69, 9.17) is 4.74 Å². The third-order valence-corrected chi connectivity index (χ3v) is 6.58. The lowest BCUT2D eigenvalue weighted by Crippen LogP contribution is -2.36. The van der Waals surface area contributed by atoms with E-state index in [-0.39, 0.29) is 11.8 Å². The Hall–Kier alpha value is -3.77. The number of carbonyl (C=O) groups excluding carboxylic acids is 1. The van der Waals surface area contributed by atoms with Gasteiger partial charge < -0.3 is 15.0 Å². The highest BCUT2D eigenvalue weighted by molar-refractivity contribution is 5.95. The zero-order chi connectivity index (χ0) is 24.0. The first-order valence-electron chi connectivity index (χ1n) is 12.1. The number of nitrogens with zero attached hydrogens (tertiary/aromatic N) is 3. The summed E-state index contributed by atoms with van der Waals surface area (Å²) in [4.78, 5) is 24.1. The maximum absolute atomic E-state index is 13.5. The SMILES string of the molecule is Cc1ccc(C(=O)N2CCOCC(Cc3cccc4cnccc34)C2)cc1NCc1ccccn1. The number of pyridine rings is 2. The van der Waals surface area contributed by atoms with Crippen molar-refractivity contribution in [1.82, 2.24) is 14.9 Å². The molecule has 0 spiro atoms. The number of rotatable bonds is 6. The van der Waals surface area contributed by atoms with Crippen LogP contribution in [0.5, 0.6) is 0 Å². The number of amides is 1. The molecule has 0 radical (unpaired) electrons. The number of nitrogens with one attached hydrogen (secondary N) is 1. The largest absolute Gasteiger partial charge is 0.379 e. The summed E-state index contributed by atoms with van der Waals surface area (Å²) in [6.07, 6.45) is 6.38. The summed E-state index contributed by atoms with van der Waals surface area (Å²) in [5.74, 6) is 0.274. The van der Waals surface area contributed by atoms with Crippen LogP contribution in [0.2, 0.25) is 0 Å². The van der Waals surface area contributed by atoms with Gasteiger partial charge in [-0.15, -0.1) is 0 Å². The third-order valence-electron chi connectivity index (χ3n) is 6.58. The second kappa shape index (κ2) is 10.7. The predicted octanol–water partition coefficient (Wildman–Crippen LogP) is 4.88. The molecule has 178 valence electrons. The molecular formula is C29H30N4O2. The van der Waals surface area contributed by atoms with Crippen molar-refractivity contribution in [3.8, 4) is 0 Å². The first kappa shape index (κ1) is 23.0. The van der Waals surface area contributed by atoms with Crippen molar-refractivity contribution >= 4 is 22.4 Å². The van der Waals surface area contributed by atoms with E-state index in [1.54, 1.807) is 6.20 Å². The molecule has 6 nitrogen and oxygen atoms in total. The van der Waals surface area contributed by atoms with Gasteiger partial charge in [-0.3, -0.25) is 14.8 Å². The number of aromatic nitrogens is 2. The molecule has 5 rings (SSSR count). The van der Waals surface area contributed by atoms with Crippen molar-refractivity contribution < 1.29 is 9.53 Å². The van der Waals surface area contributed by atoms with E-state index >= 15 is 0 Å². The maximum Gasteiger partial charge on any atom is 0.254 e. The molecule has 1 atom stereocenters. The van der Waals surface area contributed by atoms with E-state index < -0.39 is 0 Å². The van der Waals surface area contributed by atoms with Crippen molar-refractivity contribution in [2.45, 2.75) is 19.9 Å². The average Bonchev–Trinajstić information content (AvgIpc) is 3.14. The Morgan fingerprint density at radius 3 is 2.94 bits per heavy atom. The Balaban J connectivity index is 1.30. The lowest BCUT2D eigenvalue weighted by atomic mass is 9.95. The average molecular weight is 467 g/mol. The number of carbonyl (C=O) groups is 1. The van der Waals surface area contributed by atoms with E-state index in [1.165, 1.54) is 10.9 Å². The fourth-order valence-corrected chi connectivity index (χ4v) is 4.68. The Kier molecular flexibility index (Phi) is 7.00. The highest BCUT2D eigenvalue weighted by atomic mass is 16.5. The fourth-order valence-electron chi connectivity index (χ4n) is 4.68. The summed E-state index contributed by atoms with van der Waals surface area (Å²) in [5.41, 5.74) is 4.97. The normalized spacial score (nSPS) is 16.1. The van der Waals surface area contributed by atoms with Crippen LogP contribution in [0.3, 0.4) is 0 Å². The lowest BCUT2D eigenvalue weighted by Gasteiger charge is -2.24. The fraction of sp³-hybridized carbons (Fsp3) is 0.276. The predicted molar refractivity (Wildman–Crippen MR) is 138 cm³/mol. The van der Waals surface area contributed by atoms with Gasteiger partial charge in [-0.05, 0) is 60.2 Å². The van der Waals surface area contributed by atoms with Crippen molar-refractivity contribution in [3.05, 3.63) is 102 Å². The highest BCUT2D eigenvalue weighted by Gasteiger charge is 2.24. The maximum atomic E-state index is 13.5. The van der Waals surface area contributed by atoms with Crippen LogP contribution in [-0.2, 0) is 17.7 Å². The molecule has 0 bridgehead atoms. The Labute approximate surface area is 206 Å². The zero-order valence-electron chi connectivity index (χ0n) is 20.0. The van der Waals surface area contributed by atoms with Gasteiger partial charge in [-0.2, -0.15) is 0 Å². The number of hydrogen-bond donors (Lipinski definition) is 1. The van der Waals surface area contributed by atoms with Gasteiger partial charge >= 0.3 is 0 Å². The molecule has 0 aliphatic carbocycles. The van der Waals surface area contributed by atoms with Crippen molar-refractivity contribution in [2.24, 2.45) is 5.92 Å². The number of hydrogen-bond acceptors (Lipinski definition) is 5. The molecule has 1 aliphatic rings. The summed E-state index contributed by atoms with van der Waals surface area (Å²) in [7, 11) is 0. The molecule has 35 heavy (non-hydrogen) atoms. The van der Waals surface area contributed by atoms with Gasteiger partial charge in [0.1, 0.15) is 0 Å². The van der Waals surface area contributed by atoms with E-state index in [0.29, 0.717) is 38.4 Å². The van der Waals surface area contributed by atoms with Crippen LogP contribution in [-0.4, -0.2) is 47.1 Å². The van der Waals surface area contributed by atoms with E-state index in [2.05, 4.69) is 39.6 Å². The van der Waals surface area contributed by atoms with Crippen LogP contribution in [0.25, 0.3) is 10.8 Å². The summed E-state index contributed by atoms with van der Waals surface area (Å²) < 4.78 is 5.91. The van der Waals surface area contributed by atoms with Gasteiger partial charge in [-0.25, -0.2) is 0 Å². The van der Waals surface area contributed by atoms with Crippen LogP contribution < -0.4 is 5.32 Å². The molecule has 6 heteroatoms. The first-order chi connectivity index (χ1) is 17.2. The first-order valence-corrected chi connectivity index (χ1v) is 12.1. The Bertz CT molecular complexity index is 1300. The van der Waals surface area contributed by atoms with Crippen LogP contribution in [0.15, 0.2) is 79.3 Å². The van der Waals surface area contributed by atoms with Crippen molar-refractivity contribution in [1.29, 1.82) is 0 Å². The third kappa shape index (κ3) is 5.49. The number of fused-ring (bicyclic) bond motifs is 1.